The van der Waals surface area contributed by atoms with E-state index < -0.39 is 6.10 Å². The number of hydrogen-bond acceptors (Lipinski definition) is 4. The van der Waals surface area contributed by atoms with Crippen LogP contribution in [0.25, 0.3) is 10.8 Å². The van der Waals surface area contributed by atoms with E-state index in [0.29, 0.717) is 5.75 Å². The number of carbonyl (C=O) groups is 1. The Morgan fingerprint density at radius 3 is 2.78 bits per heavy atom. The average molecular weight is 327 g/mol. The third-order valence-corrected chi connectivity index (χ3v) is 4.21. The molecular formula is C18H17NO3S. The molecule has 118 valence electrons. The van der Waals surface area contributed by atoms with Gasteiger partial charge in [-0.15, -0.1) is 0 Å². The Labute approximate surface area is 138 Å². The van der Waals surface area contributed by atoms with Crippen molar-refractivity contribution >= 4 is 28.0 Å². The SMILES string of the molecule is O=C(COc1ccc2ccccc2c1)NCC(O)c1ccsc1. The Balaban J connectivity index is 1.50. The minimum Gasteiger partial charge on any atom is -0.484 e. The predicted octanol–water partition coefficient (Wildman–Crippen LogP) is 3.13. The number of amides is 1. The second kappa shape index (κ2) is 7.26. The Kier molecular flexibility index (Phi) is 4.90. The number of thiophene rings is 1. The number of benzene rings is 2. The molecule has 0 aliphatic rings. The minimum atomic E-state index is -0.689. The molecule has 0 bridgehead atoms. The Hall–Kier alpha value is -2.37. The topological polar surface area (TPSA) is 58.6 Å². The zero-order valence-corrected chi connectivity index (χ0v) is 13.3. The first-order chi connectivity index (χ1) is 11.2. The summed E-state index contributed by atoms with van der Waals surface area (Å²) in [5.41, 5.74) is 0.811. The fraction of sp³-hybridized carbons (Fsp3) is 0.167. The maximum Gasteiger partial charge on any atom is 0.258 e. The molecule has 1 aromatic heterocycles. The maximum absolute atomic E-state index is 11.8. The number of rotatable bonds is 6. The monoisotopic (exact) mass is 327 g/mol. The van der Waals surface area contributed by atoms with Gasteiger partial charge in [0.15, 0.2) is 6.61 Å². The zero-order chi connectivity index (χ0) is 16.1. The van der Waals surface area contributed by atoms with Crippen LogP contribution in [-0.2, 0) is 4.79 Å². The van der Waals surface area contributed by atoms with Crippen molar-refractivity contribution in [3.63, 3.8) is 0 Å². The summed E-state index contributed by atoms with van der Waals surface area (Å²) in [7, 11) is 0. The van der Waals surface area contributed by atoms with E-state index in [2.05, 4.69) is 5.32 Å². The van der Waals surface area contributed by atoms with Gasteiger partial charge in [0.25, 0.3) is 5.91 Å². The van der Waals surface area contributed by atoms with Crippen molar-refractivity contribution in [2.45, 2.75) is 6.10 Å². The van der Waals surface area contributed by atoms with Crippen molar-refractivity contribution in [1.82, 2.24) is 5.32 Å². The second-order valence-corrected chi connectivity index (χ2v) is 5.95. The minimum absolute atomic E-state index is 0.0747. The molecule has 0 fully saturated rings. The van der Waals surface area contributed by atoms with E-state index >= 15 is 0 Å². The quantitative estimate of drug-likeness (QED) is 0.731. The summed E-state index contributed by atoms with van der Waals surface area (Å²) in [4.78, 5) is 11.8. The van der Waals surface area contributed by atoms with Crippen LogP contribution in [0.4, 0.5) is 0 Å². The van der Waals surface area contributed by atoms with Gasteiger partial charge in [0, 0.05) is 6.54 Å². The summed E-state index contributed by atoms with van der Waals surface area (Å²) in [6, 6.07) is 15.5. The summed E-state index contributed by atoms with van der Waals surface area (Å²) in [5, 5.41) is 18.5. The normalized spacial score (nSPS) is 12.0. The van der Waals surface area contributed by atoms with Crippen LogP contribution in [0.3, 0.4) is 0 Å². The van der Waals surface area contributed by atoms with Gasteiger partial charge in [-0.05, 0) is 45.3 Å². The summed E-state index contributed by atoms with van der Waals surface area (Å²) in [6.07, 6.45) is -0.689. The van der Waals surface area contributed by atoms with Crippen molar-refractivity contribution in [2.75, 3.05) is 13.2 Å². The molecule has 23 heavy (non-hydrogen) atoms. The van der Waals surface area contributed by atoms with Crippen LogP contribution in [0.2, 0.25) is 0 Å². The second-order valence-electron chi connectivity index (χ2n) is 5.17. The first kappa shape index (κ1) is 15.5. The third kappa shape index (κ3) is 4.09. The van der Waals surface area contributed by atoms with Gasteiger partial charge < -0.3 is 15.2 Å². The van der Waals surface area contributed by atoms with Gasteiger partial charge in [-0.25, -0.2) is 0 Å². The lowest BCUT2D eigenvalue weighted by molar-refractivity contribution is -0.123. The fourth-order valence-electron chi connectivity index (χ4n) is 2.25. The lowest BCUT2D eigenvalue weighted by atomic mass is 10.1. The summed E-state index contributed by atoms with van der Waals surface area (Å²) in [6.45, 7) is 0.103. The van der Waals surface area contributed by atoms with Gasteiger partial charge in [0.2, 0.25) is 0 Å². The average Bonchev–Trinajstić information content (AvgIpc) is 3.12. The number of fused-ring (bicyclic) bond motifs is 1. The Bertz CT molecular complexity index is 786. The largest absolute Gasteiger partial charge is 0.484 e. The first-order valence-corrected chi connectivity index (χ1v) is 8.25. The molecule has 5 heteroatoms. The van der Waals surface area contributed by atoms with Gasteiger partial charge in [-0.2, -0.15) is 11.3 Å². The van der Waals surface area contributed by atoms with Crippen LogP contribution in [-0.4, -0.2) is 24.2 Å². The van der Waals surface area contributed by atoms with Crippen LogP contribution < -0.4 is 10.1 Å². The highest BCUT2D eigenvalue weighted by Gasteiger charge is 2.10. The molecule has 1 amide bonds. The molecule has 0 saturated heterocycles. The highest BCUT2D eigenvalue weighted by atomic mass is 32.1. The van der Waals surface area contributed by atoms with Crippen molar-refractivity contribution in [1.29, 1.82) is 0 Å². The van der Waals surface area contributed by atoms with E-state index in [1.165, 1.54) is 11.3 Å². The van der Waals surface area contributed by atoms with E-state index in [1.54, 1.807) is 0 Å². The van der Waals surface area contributed by atoms with Gasteiger partial charge in [0.1, 0.15) is 5.75 Å². The molecule has 4 nitrogen and oxygen atoms in total. The van der Waals surface area contributed by atoms with Gasteiger partial charge in [-0.3, -0.25) is 4.79 Å². The van der Waals surface area contributed by atoms with Crippen LogP contribution in [0.15, 0.2) is 59.3 Å². The van der Waals surface area contributed by atoms with Crippen molar-refractivity contribution < 1.29 is 14.6 Å². The molecule has 0 aliphatic heterocycles. The van der Waals surface area contributed by atoms with Crippen LogP contribution in [0.5, 0.6) is 5.75 Å². The molecule has 0 radical (unpaired) electrons. The summed E-state index contributed by atoms with van der Waals surface area (Å²) in [5.74, 6) is 0.393. The highest BCUT2D eigenvalue weighted by molar-refractivity contribution is 7.07. The first-order valence-electron chi connectivity index (χ1n) is 7.31. The van der Waals surface area contributed by atoms with Crippen molar-refractivity contribution in [3.8, 4) is 5.75 Å². The number of hydrogen-bond donors (Lipinski definition) is 2. The molecule has 3 aromatic rings. The Morgan fingerprint density at radius 2 is 2.00 bits per heavy atom. The number of carbonyl (C=O) groups excluding carboxylic acids is 1. The predicted molar refractivity (Wildman–Crippen MR) is 91.7 cm³/mol. The standard InChI is InChI=1S/C18H17NO3S/c20-17(15-7-8-23-12-15)10-19-18(21)11-22-16-6-5-13-3-1-2-4-14(13)9-16/h1-9,12,17,20H,10-11H2,(H,19,21). The van der Waals surface area contributed by atoms with Crippen molar-refractivity contribution in [3.05, 3.63) is 64.9 Å². The molecule has 2 aromatic carbocycles. The van der Waals surface area contributed by atoms with E-state index in [9.17, 15) is 9.90 Å². The fourth-order valence-corrected chi connectivity index (χ4v) is 2.96. The lowest BCUT2D eigenvalue weighted by Gasteiger charge is -2.11. The highest BCUT2D eigenvalue weighted by Crippen LogP contribution is 2.20. The van der Waals surface area contributed by atoms with E-state index in [1.807, 2.05) is 59.3 Å². The number of aliphatic hydroxyl groups is 1. The molecule has 2 N–H and O–H groups in total. The lowest BCUT2D eigenvalue weighted by Crippen LogP contribution is -2.32. The molecule has 0 saturated carbocycles. The third-order valence-electron chi connectivity index (χ3n) is 3.51. The molecule has 1 atom stereocenters. The van der Waals surface area contributed by atoms with Gasteiger partial charge in [0.05, 0.1) is 6.10 Å². The van der Waals surface area contributed by atoms with E-state index in [-0.39, 0.29) is 19.1 Å². The van der Waals surface area contributed by atoms with Gasteiger partial charge >= 0.3 is 0 Å². The number of ether oxygens (including phenoxy) is 1. The van der Waals surface area contributed by atoms with Gasteiger partial charge in [-0.1, -0.05) is 30.3 Å². The zero-order valence-electron chi connectivity index (χ0n) is 12.4. The summed E-state index contributed by atoms with van der Waals surface area (Å²) < 4.78 is 5.51. The van der Waals surface area contributed by atoms with Crippen LogP contribution in [0, 0.1) is 0 Å². The van der Waals surface area contributed by atoms with Crippen LogP contribution in [0.1, 0.15) is 11.7 Å². The molecule has 3 rings (SSSR count). The smallest absolute Gasteiger partial charge is 0.258 e. The van der Waals surface area contributed by atoms with E-state index in [4.69, 9.17) is 4.74 Å². The molecule has 1 heterocycles. The van der Waals surface area contributed by atoms with Crippen LogP contribution >= 0.6 is 11.3 Å². The Morgan fingerprint density at radius 1 is 1.17 bits per heavy atom. The molecule has 0 aliphatic carbocycles. The molecular weight excluding hydrogens is 310 g/mol. The van der Waals surface area contributed by atoms with E-state index in [0.717, 1.165) is 16.3 Å². The number of aliphatic hydroxyl groups excluding tert-OH is 1. The molecule has 0 spiro atoms. The van der Waals surface area contributed by atoms with Crippen molar-refractivity contribution in [2.24, 2.45) is 0 Å². The number of nitrogens with one attached hydrogen (secondary N) is 1. The summed E-state index contributed by atoms with van der Waals surface area (Å²) >= 11 is 1.51. The maximum atomic E-state index is 11.8. The molecule has 1 unspecified atom stereocenters.